The highest BCUT2D eigenvalue weighted by Crippen LogP contribution is 2.29. The average molecular weight is 331 g/mol. The molecule has 1 fully saturated rings. The van der Waals surface area contributed by atoms with Gasteiger partial charge in [0.2, 0.25) is 5.91 Å². The van der Waals surface area contributed by atoms with E-state index in [4.69, 9.17) is 10.2 Å². The Balaban J connectivity index is 1.98. The maximum atomic E-state index is 12.8. The first-order chi connectivity index (χ1) is 11.0. The van der Waals surface area contributed by atoms with Crippen LogP contribution in [0.25, 0.3) is 11.3 Å². The summed E-state index contributed by atoms with van der Waals surface area (Å²) < 4.78 is 5.64. The molecule has 23 heavy (non-hydrogen) atoms. The fourth-order valence-corrected chi connectivity index (χ4v) is 3.65. The number of aromatic nitrogens is 1. The fourth-order valence-electron chi connectivity index (χ4n) is 2.49. The molecule has 2 amide bonds. The molecule has 0 radical (unpaired) electrons. The largest absolute Gasteiger partial charge is 0.440 e. The van der Waals surface area contributed by atoms with Gasteiger partial charge in [0.15, 0.2) is 17.3 Å². The second-order valence-electron chi connectivity index (χ2n) is 5.47. The zero-order valence-corrected chi connectivity index (χ0v) is 13.7. The maximum absolute atomic E-state index is 12.8. The molecular weight excluding hydrogens is 314 g/mol. The van der Waals surface area contributed by atoms with E-state index in [1.165, 1.54) is 16.7 Å². The van der Waals surface area contributed by atoms with Gasteiger partial charge in [0.25, 0.3) is 5.91 Å². The molecule has 1 aliphatic rings. The third kappa shape index (κ3) is 2.96. The van der Waals surface area contributed by atoms with Crippen molar-refractivity contribution < 1.29 is 14.0 Å². The van der Waals surface area contributed by atoms with Crippen molar-refractivity contribution in [3.05, 3.63) is 41.4 Å². The minimum atomic E-state index is -0.602. The zero-order chi connectivity index (χ0) is 16.6. The van der Waals surface area contributed by atoms with Gasteiger partial charge in [-0.25, -0.2) is 4.98 Å². The molecule has 2 aromatic rings. The van der Waals surface area contributed by atoms with E-state index in [-0.39, 0.29) is 11.6 Å². The monoisotopic (exact) mass is 331 g/mol. The van der Waals surface area contributed by atoms with Crippen LogP contribution in [-0.2, 0) is 4.79 Å². The number of thioether (sulfide) groups is 1. The number of primary amides is 1. The summed E-state index contributed by atoms with van der Waals surface area (Å²) in [5, 5.41) is 0. The van der Waals surface area contributed by atoms with Crippen molar-refractivity contribution in [1.29, 1.82) is 0 Å². The number of oxazole rings is 1. The molecule has 1 saturated heterocycles. The number of hydrogen-bond donors (Lipinski definition) is 1. The Bertz CT molecular complexity index is 754. The summed E-state index contributed by atoms with van der Waals surface area (Å²) in [6.45, 7) is 3.68. The fraction of sp³-hybridized carbons (Fsp3) is 0.312. The third-order valence-corrected chi connectivity index (χ3v) is 4.73. The van der Waals surface area contributed by atoms with Gasteiger partial charge in [0, 0.05) is 18.2 Å². The smallest absolute Gasteiger partial charge is 0.277 e. The van der Waals surface area contributed by atoms with Gasteiger partial charge in [-0.05, 0) is 6.92 Å². The lowest BCUT2D eigenvalue weighted by molar-refractivity contribution is -0.121. The molecule has 7 heteroatoms. The Morgan fingerprint density at radius 1 is 1.30 bits per heavy atom. The minimum Gasteiger partial charge on any atom is -0.440 e. The standard InChI is InChI=1S/C16H17N3O3S/c1-9-3-5-11(6-4-9)14-13(18-10(2)22-14)16(21)19-8-23-7-12(19)15(17)20/h3-6,12H,7-8H2,1-2H3,(H2,17,20)/t12-/m0/s1. The predicted octanol–water partition coefficient (Wildman–Crippen LogP) is 1.96. The second-order valence-corrected chi connectivity index (χ2v) is 6.47. The number of carbonyl (C=O) groups excluding carboxylic acids is 2. The number of benzene rings is 1. The van der Waals surface area contributed by atoms with E-state index in [0.717, 1.165) is 11.1 Å². The SMILES string of the molecule is Cc1ccc(-c2oc(C)nc2C(=O)N2CSC[C@H]2C(N)=O)cc1. The van der Waals surface area contributed by atoms with Crippen molar-refractivity contribution in [3.8, 4) is 11.3 Å². The van der Waals surface area contributed by atoms with Crippen LogP contribution >= 0.6 is 11.8 Å². The lowest BCUT2D eigenvalue weighted by atomic mass is 10.1. The molecule has 0 spiro atoms. The van der Waals surface area contributed by atoms with E-state index >= 15 is 0 Å². The number of rotatable bonds is 3. The Labute approximate surface area is 138 Å². The Morgan fingerprint density at radius 2 is 2.00 bits per heavy atom. The van der Waals surface area contributed by atoms with Gasteiger partial charge in [0.1, 0.15) is 6.04 Å². The Hall–Kier alpha value is -2.28. The van der Waals surface area contributed by atoms with Crippen molar-refractivity contribution in [2.45, 2.75) is 19.9 Å². The molecule has 6 nitrogen and oxygen atoms in total. The van der Waals surface area contributed by atoms with Crippen LogP contribution in [0.2, 0.25) is 0 Å². The van der Waals surface area contributed by atoms with Crippen LogP contribution in [0.3, 0.4) is 0 Å². The van der Waals surface area contributed by atoms with Gasteiger partial charge in [-0.2, -0.15) is 0 Å². The summed E-state index contributed by atoms with van der Waals surface area (Å²) in [5.74, 6) is 0.939. The first-order valence-electron chi connectivity index (χ1n) is 7.20. The summed E-state index contributed by atoms with van der Waals surface area (Å²) >= 11 is 1.50. The van der Waals surface area contributed by atoms with Crippen LogP contribution in [0, 0.1) is 13.8 Å². The molecule has 0 unspecified atom stereocenters. The molecule has 1 aliphatic heterocycles. The molecule has 1 aromatic carbocycles. The Kier molecular flexibility index (Phi) is 4.12. The number of amides is 2. The Morgan fingerprint density at radius 3 is 2.65 bits per heavy atom. The number of carbonyl (C=O) groups is 2. The molecule has 0 aliphatic carbocycles. The van der Waals surface area contributed by atoms with Crippen LogP contribution in [0.5, 0.6) is 0 Å². The van der Waals surface area contributed by atoms with E-state index in [1.54, 1.807) is 6.92 Å². The van der Waals surface area contributed by atoms with Crippen LogP contribution in [0.4, 0.5) is 0 Å². The maximum Gasteiger partial charge on any atom is 0.277 e. The molecule has 1 atom stereocenters. The van der Waals surface area contributed by atoms with Gasteiger partial charge in [-0.1, -0.05) is 29.8 Å². The predicted molar refractivity (Wildman–Crippen MR) is 87.9 cm³/mol. The second kappa shape index (κ2) is 6.08. The molecule has 2 N–H and O–H groups in total. The van der Waals surface area contributed by atoms with Gasteiger partial charge < -0.3 is 15.1 Å². The van der Waals surface area contributed by atoms with E-state index < -0.39 is 11.9 Å². The number of aryl methyl sites for hydroxylation is 2. The molecule has 0 saturated carbocycles. The quantitative estimate of drug-likeness (QED) is 0.928. The molecule has 120 valence electrons. The summed E-state index contributed by atoms with van der Waals surface area (Å²) in [5.41, 5.74) is 7.50. The van der Waals surface area contributed by atoms with Gasteiger partial charge >= 0.3 is 0 Å². The molecular formula is C16H17N3O3S. The highest BCUT2D eigenvalue weighted by atomic mass is 32.2. The van der Waals surface area contributed by atoms with E-state index in [0.29, 0.717) is 23.3 Å². The number of hydrogen-bond acceptors (Lipinski definition) is 5. The molecule has 1 aromatic heterocycles. The van der Waals surface area contributed by atoms with E-state index in [9.17, 15) is 9.59 Å². The number of nitrogens with zero attached hydrogens (tertiary/aromatic N) is 2. The molecule has 3 rings (SSSR count). The van der Waals surface area contributed by atoms with Crippen molar-refractivity contribution in [3.63, 3.8) is 0 Å². The molecule has 2 heterocycles. The molecule has 0 bridgehead atoms. The summed E-state index contributed by atoms with van der Waals surface area (Å²) in [6, 6.07) is 7.06. The topological polar surface area (TPSA) is 89.4 Å². The van der Waals surface area contributed by atoms with Gasteiger partial charge in [0.05, 0.1) is 5.88 Å². The van der Waals surface area contributed by atoms with Crippen LogP contribution in [0.1, 0.15) is 21.9 Å². The van der Waals surface area contributed by atoms with Crippen molar-refractivity contribution in [2.24, 2.45) is 5.73 Å². The number of nitrogens with two attached hydrogens (primary N) is 1. The minimum absolute atomic E-state index is 0.222. The van der Waals surface area contributed by atoms with Crippen molar-refractivity contribution >= 4 is 23.6 Å². The average Bonchev–Trinajstić information content (AvgIpc) is 3.14. The van der Waals surface area contributed by atoms with E-state index in [2.05, 4.69) is 4.98 Å². The van der Waals surface area contributed by atoms with Crippen molar-refractivity contribution in [2.75, 3.05) is 11.6 Å². The van der Waals surface area contributed by atoms with Crippen LogP contribution in [-0.4, -0.2) is 39.4 Å². The highest BCUT2D eigenvalue weighted by molar-refractivity contribution is 7.99. The van der Waals surface area contributed by atoms with Crippen LogP contribution < -0.4 is 5.73 Å². The summed E-state index contributed by atoms with van der Waals surface area (Å²) in [7, 11) is 0. The first-order valence-corrected chi connectivity index (χ1v) is 8.35. The third-order valence-electron chi connectivity index (χ3n) is 3.72. The zero-order valence-electron chi connectivity index (χ0n) is 12.9. The summed E-state index contributed by atoms with van der Waals surface area (Å²) in [6.07, 6.45) is 0. The highest BCUT2D eigenvalue weighted by Gasteiger charge is 2.36. The van der Waals surface area contributed by atoms with Crippen molar-refractivity contribution in [1.82, 2.24) is 9.88 Å². The first kappa shape index (κ1) is 15.6. The van der Waals surface area contributed by atoms with Gasteiger partial charge in [-0.15, -0.1) is 11.8 Å². The normalized spacial score (nSPS) is 17.5. The lowest BCUT2D eigenvalue weighted by Crippen LogP contribution is -2.45. The van der Waals surface area contributed by atoms with E-state index in [1.807, 2.05) is 31.2 Å². The lowest BCUT2D eigenvalue weighted by Gasteiger charge is -2.20. The summed E-state index contributed by atoms with van der Waals surface area (Å²) in [4.78, 5) is 30.0. The van der Waals surface area contributed by atoms with Gasteiger partial charge in [-0.3, -0.25) is 9.59 Å². The van der Waals surface area contributed by atoms with Crippen LogP contribution in [0.15, 0.2) is 28.7 Å².